The summed E-state index contributed by atoms with van der Waals surface area (Å²) in [5.41, 5.74) is 2.75. The van der Waals surface area contributed by atoms with Crippen LogP contribution in [0.4, 0.5) is 15.8 Å². The zero-order valence-electron chi connectivity index (χ0n) is 17.0. The number of methoxy groups -OCH3 is 1. The van der Waals surface area contributed by atoms with Crippen molar-refractivity contribution in [2.45, 2.75) is 11.4 Å². The summed E-state index contributed by atoms with van der Waals surface area (Å²) >= 11 is 7.28. The van der Waals surface area contributed by atoms with Crippen molar-refractivity contribution in [2.75, 3.05) is 22.7 Å². The molecule has 5 nitrogen and oxygen atoms in total. The molecule has 3 aromatic rings. The van der Waals surface area contributed by atoms with Crippen LogP contribution in [0.15, 0.2) is 66.7 Å². The molecule has 2 heterocycles. The van der Waals surface area contributed by atoms with Gasteiger partial charge in [-0.3, -0.25) is 14.5 Å². The summed E-state index contributed by atoms with van der Waals surface area (Å²) < 4.78 is 19.1. The molecule has 0 saturated carbocycles. The first kappa shape index (κ1) is 20.8. The number of carbonyl (C=O) groups excluding carboxylic acids is 2. The number of para-hydroxylation sites is 1. The van der Waals surface area contributed by atoms with Crippen LogP contribution in [0.2, 0.25) is 5.02 Å². The first-order valence-electron chi connectivity index (χ1n) is 9.92. The van der Waals surface area contributed by atoms with Crippen molar-refractivity contribution in [3.63, 3.8) is 0 Å². The highest BCUT2D eigenvalue weighted by atomic mass is 35.5. The van der Waals surface area contributed by atoms with Crippen molar-refractivity contribution < 1.29 is 18.7 Å². The van der Waals surface area contributed by atoms with E-state index in [0.29, 0.717) is 18.0 Å². The summed E-state index contributed by atoms with van der Waals surface area (Å²) in [6, 6.07) is 19.1. The van der Waals surface area contributed by atoms with Crippen LogP contribution < -0.4 is 14.5 Å². The highest BCUT2D eigenvalue weighted by molar-refractivity contribution is 8.02. The molecule has 2 aliphatic heterocycles. The van der Waals surface area contributed by atoms with Gasteiger partial charge in [-0.1, -0.05) is 41.9 Å². The Balaban J connectivity index is 1.63. The average molecular weight is 469 g/mol. The van der Waals surface area contributed by atoms with Crippen molar-refractivity contribution in [3.05, 3.63) is 88.7 Å². The molecule has 2 amide bonds. The normalized spacial score (nSPS) is 19.7. The van der Waals surface area contributed by atoms with E-state index >= 15 is 0 Å². The third-order valence-electron chi connectivity index (χ3n) is 5.70. The molecule has 0 bridgehead atoms. The number of amides is 2. The van der Waals surface area contributed by atoms with Gasteiger partial charge in [-0.2, -0.15) is 0 Å². The number of fused-ring (bicyclic) bond motifs is 2. The van der Waals surface area contributed by atoms with Gasteiger partial charge >= 0.3 is 0 Å². The van der Waals surface area contributed by atoms with Gasteiger partial charge in [0.1, 0.15) is 11.6 Å². The number of ether oxygens (including phenoxy) is 1. The van der Waals surface area contributed by atoms with Crippen LogP contribution in [0.1, 0.15) is 11.1 Å². The number of halogens is 2. The molecule has 162 valence electrons. The fourth-order valence-corrected chi connectivity index (χ4v) is 5.82. The molecule has 5 rings (SSSR count). The highest BCUT2D eigenvalue weighted by Gasteiger charge is 2.60. The van der Waals surface area contributed by atoms with Crippen molar-refractivity contribution in [3.8, 4) is 5.75 Å². The molecule has 32 heavy (non-hydrogen) atoms. The van der Waals surface area contributed by atoms with E-state index < -0.39 is 10.7 Å². The quantitative estimate of drug-likeness (QED) is 0.542. The lowest BCUT2D eigenvalue weighted by Gasteiger charge is -2.33. The van der Waals surface area contributed by atoms with Crippen LogP contribution in [0.5, 0.6) is 5.75 Å². The van der Waals surface area contributed by atoms with Crippen molar-refractivity contribution in [1.29, 1.82) is 0 Å². The number of nitrogens with zero attached hydrogens (tertiary/aromatic N) is 2. The number of rotatable bonds is 4. The van der Waals surface area contributed by atoms with Gasteiger partial charge in [0.25, 0.3) is 5.91 Å². The Bertz CT molecular complexity index is 1250. The van der Waals surface area contributed by atoms with Gasteiger partial charge in [0, 0.05) is 11.3 Å². The lowest BCUT2D eigenvalue weighted by Crippen LogP contribution is -2.49. The summed E-state index contributed by atoms with van der Waals surface area (Å²) in [7, 11) is 1.59. The Kier molecular flexibility index (Phi) is 5.10. The molecule has 8 heteroatoms. The number of hydrogen-bond acceptors (Lipinski definition) is 4. The van der Waals surface area contributed by atoms with Crippen molar-refractivity contribution in [1.82, 2.24) is 0 Å². The first-order chi connectivity index (χ1) is 15.5. The number of anilines is 2. The molecule has 2 aliphatic rings. The first-order valence-corrected chi connectivity index (χ1v) is 11.3. The summed E-state index contributed by atoms with van der Waals surface area (Å²) in [6.45, 7) is 0.321. The molecule has 1 saturated heterocycles. The van der Waals surface area contributed by atoms with Crippen LogP contribution in [-0.2, 0) is 21.0 Å². The van der Waals surface area contributed by atoms with E-state index in [1.54, 1.807) is 12.0 Å². The Morgan fingerprint density at radius 1 is 1.09 bits per heavy atom. The fourth-order valence-electron chi connectivity index (χ4n) is 4.29. The predicted octanol–water partition coefficient (Wildman–Crippen LogP) is 4.97. The molecule has 1 fully saturated rings. The van der Waals surface area contributed by atoms with Crippen LogP contribution in [0.25, 0.3) is 0 Å². The largest absolute Gasteiger partial charge is 0.497 e. The zero-order valence-corrected chi connectivity index (χ0v) is 18.6. The predicted molar refractivity (Wildman–Crippen MR) is 124 cm³/mol. The maximum absolute atomic E-state index is 14.0. The molecule has 1 atom stereocenters. The van der Waals surface area contributed by atoms with Crippen LogP contribution in [-0.4, -0.2) is 24.7 Å². The van der Waals surface area contributed by atoms with Crippen LogP contribution >= 0.6 is 23.4 Å². The summed E-state index contributed by atoms with van der Waals surface area (Å²) in [5.74, 6) is -0.212. The number of benzene rings is 3. The molecule has 0 aliphatic carbocycles. The van der Waals surface area contributed by atoms with Crippen molar-refractivity contribution >= 4 is 46.6 Å². The maximum Gasteiger partial charge on any atom is 0.269 e. The smallest absolute Gasteiger partial charge is 0.269 e. The lowest BCUT2D eigenvalue weighted by molar-refractivity contribution is -0.123. The SMILES string of the molecule is COc1cccc(CN2C(=O)C3(SCC(=O)N3c3ccc(F)c(Cl)c3)c3ccccc32)c1. The monoisotopic (exact) mass is 468 g/mol. The van der Waals surface area contributed by atoms with E-state index in [4.69, 9.17) is 16.3 Å². The summed E-state index contributed by atoms with van der Waals surface area (Å²) in [5, 5.41) is -0.102. The van der Waals surface area contributed by atoms with E-state index in [9.17, 15) is 14.0 Å². The molecule has 3 aromatic carbocycles. The van der Waals surface area contributed by atoms with Crippen LogP contribution in [0.3, 0.4) is 0 Å². The van der Waals surface area contributed by atoms with Gasteiger partial charge in [-0.25, -0.2) is 4.39 Å². The molecule has 0 N–H and O–H groups in total. The van der Waals surface area contributed by atoms with E-state index in [2.05, 4.69) is 0 Å². The van der Waals surface area contributed by atoms with Gasteiger partial charge in [0.15, 0.2) is 0 Å². The molecule has 1 spiro atoms. The molecular weight excluding hydrogens is 451 g/mol. The minimum absolute atomic E-state index is 0.102. The summed E-state index contributed by atoms with van der Waals surface area (Å²) in [4.78, 5) is 28.9. The second-order valence-electron chi connectivity index (χ2n) is 7.52. The number of hydrogen-bond donors (Lipinski definition) is 0. The Morgan fingerprint density at radius 2 is 1.91 bits per heavy atom. The minimum Gasteiger partial charge on any atom is -0.497 e. The summed E-state index contributed by atoms with van der Waals surface area (Å²) in [6.07, 6.45) is 0. The van der Waals surface area contributed by atoms with Gasteiger partial charge in [-0.05, 0) is 42.0 Å². The second-order valence-corrected chi connectivity index (χ2v) is 9.10. The molecule has 0 aromatic heterocycles. The van der Waals surface area contributed by atoms with E-state index in [1.807, 2.05) is 48.5 Å². The topological polar surface area (TPSA) is 49.9 Å². The van der Waals surface area contributed by atoms with E-state index in [-0.39, 0.29) is 22.6 Å². The molecule has 1 unspecified atom stereocenters. The van der Waals surface area contributed by atoms with E-state index in [0.717, 1.165) is 16.8 Å². The second kappa shape index (κ2) is 7.83. The Hall–Kier alpha value is -3.03. The van der Waals surface area contributed by atoms with E-state index in [1.165, 1.54) is 34.9 Å². The third kappa shape index (κ3) is 3.07. The van der Waals surface area contributed by atoms with Gasteiger partial charge in [0.2, 0.25) is 10.8 Å². The highest BCUT2D eigenvalue weighted by Crippen LogP contribution is 2.56. The molecule has 0 radical (unpaired) electrons. The van der Waals surface area contributed by atoms with Gasteiger partial charge in [0.05, 0.1) is 30.1 Å². The maximum atomic E-state index is 14.0. The van der Waals surface area contributed by atoms with Crippen LogP contribution in [0, 0.1) is 5.82 Å². The number of thioether (sulfide) groups is 1. The Morgan fingerprint density at radius 3 is 2.69 bits per heavy atom. The standard InChI is InChI=1S/C24H18ClFN2O3S/c1-31-17-6-4-5-15(11-17)13-27-21-8-3-2-7-18(21)24(23(27)30)28(22(29)14-32-24)16-9-10-20(26)19(25)12-16/h2-12H,13-14H2,1H3. The minimum atomic E-state index is -1.27. The lowest BCUT2D eigenvalue weighted by atomic mass is 10.0. The van der Waals surface area contributed by atoms with Gasteiger partial charge in [-0.15, -0.1) is 11.8 Å². The molecular formula is C24H18ClFN2O3S. The number of carbonyl (C=O) groups is 2. The zero-order chi connectivity index (χ0) is 22.5. The average Bonchev–Trinajstić information content (AvgIpc) is 3.27. The van der Waals surface area contributed by atoms with Crippen molar-refractivity contribution in [2.24, 2.45) is 0 Å². The third-order valence-corrected chi connectivity index (χ3v) is 7.38. The van der Waals surface area contributed by atoms with Gasteiger partial charge < -0.3 is 9.64 Å². The Labute approximate surface area is 193 Å². The fraction of sp³-hybridized carbons (Fsp3) is 0.167.